The van der Waals surface area contributed by atoms with Crippen molar-refractivity contribution in [3.63, 3.8) is 0 Å². The lowest BCUT2D eigenvalue weighted by molar-refractivity contribution is -0.0400. The summed E-state index contributed by atoms with van der Waals surface area (Å²) in [4.78, 5) is 14.6. The van der Waals surface area contributed by atoms with E-state index < -0.39 is 0 Å². The molecule has 0 spiro atoms. The van der Waals surface area contributed by atoms with E-state index >= 15 is 0 Å². The highest BCUT2D eigenvalue weighted by Crippen LogP contribution is 2.41. The Kier molecular flexibility index (Phi) is 3.67. The van der Waals surface area contributed by atoms with Crippen LogP contribution in [0.5, 0.6) is 0 Å². The highest BCUT2D eigenvalue weighted by Gasteiger charge is 2.30. The third-order valence-corrected chi connectivity index (χ3v) is 5.52. The Morgan fingerprint density at radius 2 is 2.17 bits per heavy atom. The van der Waals surface area contributed by atoms with Crippen LogP contribution < -0.4 is 5.32 Å². The molecule has 0 aliphatic carbocycles. The van der Waals surface area contributed by atoms with Crippen LogP contribution in [0.4, 0.5) is 5.82 Å². The predicted octanol–water partition coefficient (Wildman–Crippen LogP) is 2.80. The number of nitrogens with one attached hydrogen (secondary N) is 1. The molecule has 0 saturated carbocycles. The van der Waals surface area contributed by atoms with Gasteiger partial charge < -0.3 is 15.2 Å². The number of rotatable bonds is 3. The van der Waals surface area contributed by atoms with Gasteiger partial charge in [-0.3, -0.25) is 0 Å². The van der Waals surface area contributed by atoms with Gasteiger partial charge in [-0.15, -0.1) is 11.3 Å². The molecule has 0 fully saturated rings. The van der Waals surface area contributed by atoms with Crippen LogP contribution in [0.2, 0.25) is 0 Å². The van der Waals surface area contributed by atoms with Gasteiger partial charge in [0.25, 0.3) is 0 Å². The number of anilines is 1. The van der Waals surface area contributed by atoms with E-state index in [-0.39, 0.29) is 12.2 Å². The number of aromatic nitrogens is 3. The Hall–Kier alpha value is -1.83. The minimum Gasteiger partial charge on any atom is -0.395 e. The van der Waals surface area contributed by atoms with E-state index in [1.165, 1.54) is 11.1 Å². The first-order chi connectivity index (χ1) is 11.5. The first kappa shape index (κ1) is 15.7. The van der Waals surface area contributed by atoms with Gasteiger partial charge in [0.05, 0.1) is 29.0 Å². The summed E-state index contributed by atoms with van der Waals surface area (Å²) in [6.45, 7) is 7.40. The van der Waals surface area contributed by atoms with E-state index in [2.05, 4.69) is 29.1 Å². The van der Waals surface area contributed by atoms with Crippen LogP contribution in [0.25, 0.3) is 20.4 Å². The lowest BCUT2D eigenvalue weighted by atomic mass is 9.89. The van der Waals surface area contributed by atoms with Gasteiger partial charge in [0.15, 0.2) is 0 Å². The molecule has 3 aromatic heterocycles. The largest absolute Gasteiger partial charge is 0.395 e. The van der Waals surface area contributed by atoms with E-state index in [0.717, 1.165) is 38.4 Å². The smallest absolute Gasteiger partial charge is 0.147 e. The summed E-state index contributed by atoms with van der Waals surface area (Å²) in [5.74, 6) is 0.759. The van der Waals surface area contributed by atoms with Crippen molar-refractivity contribution in [1.82, 2.24) is 15.0 Å². The van der Waals surface area contributed by atoms with Crippen molar-refractivity contribution in [2.75, 3.05) is 18.5 Å². The number of pyridine rings is 1. The number of hydrogen-bond acceptors (Lipinski definition) is 7. The number of nitrogens with zero attached hydrogens (tertiary/aromatic N) is 3. The molecular formula is C17H20N4O2S. The van der Waals surface area contributed by atoms with Crippen LogP contribution in [0, 0.1) is 6.92 Å². The summed E-state index contributed by atoms with van der Waals surface area (Å²) in [6, 6.07) is 0. The second-order valence-corrected chi connectivity index (χ2v) is 7.71. The average Bonchev–Trinajstić information content (AvgIpc) is 2.90. The van der Waals surface area contributed by atoms with Gasteiger partial charge in [-0.1, -0.05) is 0 Å². The van der Waals surface area contributed by atoms with Gasteiger partial charge in [0.1, 0.15) is 17.0 Å². The van der Waals surface area contributed by atoms with E-state index in [1.807, 2.05) is 6.92 Å². The molecule has 0 bridgehead atoms. The Bertz CT molecular complexity index is 935. The van der Waals surface area contributed by atoms with E-state index in [4.69, 9.17) is 14.8 Å². The number of ether oxygens (including phenoxy) is 1. The fraction of sp³-hybridized carbons (Fsp3) is 0.471. The Morgan fingerprint density at radius 1 is 1.33 bits per heavy atom. The first-order valence-corrected chi connectivity index (χ1v) is 8.86. The van der Waals surface area contributed by atoms with Crippen LogP contribution in [-0.4, -0.2) is 38.8 Å². The third kappa shape index (κ3) is 2.44. The van der Waals surface area contributed by atoms with E-state index in [9.17, 15) is 0 Å². The van der Waals surface area contributed by atoms with Crippen molar-refractivity contribution in [2.24, 2.45) is 0 Å². The highest BCUT2D eigenvalue weighted by molar-refractivity contribution is 7.26. The van der Waals surface area contributed by atoms with E-state index in [0.29, 0.717) is 13.2 Å². The van der Waals surface area contributed by atoms with Crippen LogP contribution in [0.1, 0.15) is 30.7 Å². The lowest BCUT2D eigenvalue weighted by Crippen LogP contribution is -2.32. The quantitative estimate of drug-likeness (QED) is 0.760. The summed E-state index contributed by atoms with van der Waals surface area (Å²) in [6.07, 6.45) is 2.42. The molecule has 24 heavy (non-hydrogen) atoms. The molecular weight excluding hydrogens is 324 g/mol. The molecule has 4 heterocycles. The molecule has 4 rings (SSSR count). The molecule has 0 saturated heterocycles. The number of hydrogen-bond donors (Lipinski definition) is 2. The number of aliphatic hydroxyl groups excluding tert-OH is 1. The number of aryl methyl sites for hydroxylation is 1. The predicted molar refractivity (Wildman–Crippen MR) is 95.6 cm³/mol. The van der Waals surface area contributed by atoms with Crippen molar-refractivity contribution in [3.05, 3.63) is 23.1 Å². The number of fused-ring (bicyclic) bond motifs is 5. The standard InChI is InChI=1S/C17H20N4O2S/c1-9-11-7-23-17(2,3)6-10(11)12-13-14(24-16(12)21-9)15(18-4-5-22)20-8-19-13/h8,22H,4-7H2,1-3H3,(H,18,19,20). The van der Waals surface area contributed by atoms with Crippen LogP contribution >= 0.6 is 11.3 Å². The summed E-state index contributed by atoms with van der Waals surface area (Å²) in [5, 5.41) is 13.4. The van der Waals surface area contributed by atoms with Gasteiger partial charge in [0.2, 0.25) is 0 Å². The third-order valence-electron chi connectivity index (χ3n) is 4.44. The van der Waals surface area contributed by atoms with Crippen molar-refractivity contribution < 1.29 is 9.84 Å². The molecule has 3 aromatic rings. The van der Waals surface area contributed by atoms with Gasteiger partial charge in [0, 0.05) is 29.6 Å². The van der Waals surface area contributed by atoms with Crippen molar-refractivity contribution in [3.8, 4) is 0 Å². The maximum Gasteiger partial charge on any atom is 0.147 e. The SMILES string of the molecule is Cc1nc2sc3c(NCCO)ncnc3c2c2c1COC(C)(C)C2. The summed E-state index contributed by atoms with van der Waals surface area (Å²) in [7, 11) is 0. The monoisotopic (exact) mass is 344 g/mol. The zero-order chi connectivity index (χ0) is 16.9. The number of aliphatic hydroxyl groups is 1. The molecule has 0 atom stereocenters. The number of thiophene rings is 1. The van der Waals surface area contributed by atoms with Gasteiger partial charge in [-0.2, -0.15) is 0 Å². The summed E-state index contributed by atoms with van der Waals surface area (Å²) < 4.78 is 6.97. The van der Waals surface area contributed by atoms with Crippen molar-refractivity contribution in [1.29, 1.82) is 0 Å². The molecule has 1 aliphatic heterocycles. The Balaban J connectivity index is 2.01. The zero-order valence-corrected chi connectivity index (χ0v) is 14.8. The molecule has 0 radical (unpaired) electrons. The molecule has 2 N–H and O–H groups in total. The first-order valence-electron chi connectivity index (χ1n) is 8.04. The molecule has 1 aliphatic rings. The average molecular weight is 344 g/mol. The maximum atomic E-state index is 9.06. The summed E-state index contributed by atoms with van der Waals surface area (Å²) >= 11 is 1.60. The molecule has 0 unspecified atom stereocenters. The summed E-state index contributed by atoms with van der Waals surface area (Å²) in [5.41, 5.74) is 4.26. The fourth-order valence-corrected chi connectivity index (χ4v) is 4.44. The van der Waals surface area contributed by atoms with Gasteiger partial charge in [-0.25, -0.2) is 15.0 Å². The van der Waals surface area contributed by atoms with Crippen molar-refractivity contribution >= 4 is 37.6 Å². The zero-order valence-electron chi connectivity index (χ0n) is 14.0. The molecule has 6 nitrogen and oxygen atoms in total. The molecule has 126 valence electrons. The lowest BCUT2D eigenvalue weighted by Gasteiger charge is -2.32. The van der Waals surface area contributed by atoms with Crippen LogP contribution in [0.3, 0.4) is 0 Å². The normalized spacial score (nSPS) is 16.5. The van der Waals surface area contributed by atoms with Crippen LogP contribution in [-0.2, 0) is 17.8 Å². The van der Waals surface area contributed by atoms with Crippen molar-refractivity contribution in [2.45, 2.75) is 39.4 Å². The molecule has 0 aromatic carbocycles. The van der Waals surface area contributed by atoms with Gasteiger partial charge >= 0.3 is 0 Å². The second kappa shape index (κ2) is 5.61. The maximum absolute atomic E-state index is 9.06. The Morgan fingerprint density at radius 3 is 2.96 bits per heavy atom. The van der Waals surface area contributed by atoms with Gasteiger partial charge in [-0.05, 0) is 26.3 Å². The minimum atomic E-state index is -0.188. The van der Waals surface area contributed by atoms with Crippen LogP contribution in [0.15, 0.2) is 6.33 Å². The topological polar surface area (TPSA) is 80.2 Å². The van der Waals surface area contributed by atoms with E-state index in [1.54, 1.807) is 17.7 Å². The fourth-order valence-electron chi connectivity index (χ4n) is 3.27. The molecule has 0 amide bonds. The Labute approximate surface area is 143 Å². The molecule has 7 heteroatoms. The second-order valence-electron chi connectivity index (χ2n) is 6.71. The highest BCUT2D eigenvalue weighted by atomic mass is 32.1. The minimum absolute atomic E-state index is 0.0642.